The molecule has 3 nitrogen and oxygen atoms in total. The van der Waals surface area contributed by atoms with Crippen LogP contribution in [0.1, 0.15) is 12.0 Å². The molecule has 0 spiro atoms. The Morgan fingerprint density at radius 2 is 1.94 bits per heavy atom. The van der Waals surface area contributed by atoms with Gasteiger partial charge in [-0.05, 0) is 50.5 Å². The standard InChI is InChI=1S/C10H14O3S2.Na/c1-13-10-6-4-9(5-7-10)3-2-8-15(11,12)14;/h4-7H,2-3,8H2,1H3,(H,11,12,14);/q;+1/p-1. The molecular weight excluding hydrogens is 255 g/mol. The summed E-state index contributed by atoms with van der Waals surface area (Å²) in [5.74, 6) is 0.864. The maximum atomic E-state index is 10.7. The Morgan fingerprint density at radius 1 is 1.38 bits per heavy atom. The number of hydrogen-bond donors (Lipinski definition) is 0. The maximum Gasteiger partial charge on any atom is 1.00 e. The third kappa shape index (κ3) is 6.83. The van der Waals surface area contributed by atoms with E-state index in [4.69, 9.17) is 4.74 Å². The molecule has 0 saturated carbocycles. The molecule has 0 radical (unpaired) electrons. The molecule has 0 aliphatic carbocycles. The van der Waals surface area contributed by atoms with E-state index in [1.54, 1.807) is 7.11 Å². The third-order valence-electron chi connectivity index (χ3n) is 2.02. The van der Waals surface area contributed by atoms with Crippen molar-refractivity contribution in [3.05, 3.63) is 29.8 Å². The van der Waals surface area contributed by atoms with E-state index in [0.29, 0.717) is 6.42 Å². The van der Waals surface area contributed by atoms with Crippen molar-refractivity contribution in [2.45, 2.75) is 12.8 Å². The van der Waals surface area contributed by atoms with E-state index in [1.165, 1.54) is 0 Å². The fourth-order valence-electron chi connectivity index (χ4n) is 1.25. The molecule has 0 amide bonds. The largest absolute Gasteiger partial charge is 1.00 e. The zero-order chi connectivity index (χ0) is 11.3. The van der Waals surface area contributed by atoms with E-state index < -0.39 is 8.77 Å². The predicted octanol–water partition coefficient (Wildman–Crippen LogP) is -1.49. The van der Waals surface area contributed by atoms with E-state index in [9.17, 15) is 8.76 Å². The van der Waals surface area contributed by atoms with Crippen LogP contribution in [0.2, 0.25) is 0 Å². The fourth-order valence-corrected chi connectivity index (χ4v) is 2.10. The molecule has 0 heterocycles. The molecule has 0 aromatic heterocycles. The van der Waals surface area contributed by atoms with Crippen LogP contribution in [0.25, 0.3) is 0 Å². The summed E-state index contributed by atoms with van der Waals surface area (Å²) >= 11 is 4.29. The van der Waals surface area contributed by atoms with Crippen molar-refractivity contribution in [3.63, 3.8) is 0 Å². The molecule has 0 aliphatic rings. The van der Waals surface area contributed by atoms with Gasteiger partial charge < -0.3 is 9.29 Å². The molecule has 1 aromatic carbocycles. The number of hydrogen-bond acceptors (Lipinski definition) is 4. The second-order valence-corrected chi connectivity index (χ2v) is 6.26. The molecule has 0 aliphatic heterocycles. The normalized spacial score (nSPS) is 13.6. The van der Waals surface area contributed by atoms with E-state index in [0.717, 1.165) is 17.7 Å². The van der Waals surface area contributed by atoms with Gasteiger partial charge in [-0.2, -0.15) is 0 Å². The second kappa shape index (κ2) is 7.63. The van der Waals surface area contributed by atoms with Crippen LogP contribution in [0.5, 0.6) is 5.75 Å². The molecular formula is C10H13NaO3S2. The van der Waals surface area contributed by atoms with Gasteiger partial charge in [0.15, 0.2) is 0 Å². The van der Waals surface area contributed by atoms with Gasteiger partial charge in [-0.3, -0.25) is 4.21 Å². The van der Waals surface area contributed by atoms with Gasteiger partial charge in [-0.25, -0.2) is 0 Å². The Labute approximate surface area is 123 Å². The first-order chi connectivity index (χ1) is 7.01. The molecule has 84 valence electrons. The van der Waals surface area contributed by atoms with Crippen molar-refractivity contribution in [1.82, 2.24) is 0 Å². The van der Waals surface area contributed by atoms with Crippen LogP contribution in [0.15, 0.2) is 24.3 Å². The Morgan fingerprint density at radius 3 is 2.38 bits per heavy atom. The zero-order valence-corrected chi connectivity index (χ0v) is 13.1. The summed E-state index contributed by atoms with van der Waals surface area (Å²) in [5, 5.41) is 0. The first-order valence-electron chi connectivity index (χ1n) is 4.58. The van der Waals surface area contributed by atoms with Gasteiger partial charge in [-0.15, -0.1) is 0 Å². The first kappa shape index (κ1) is 16.4. The molecule has 0 bridgehead atoms. The summed E-state index contributed by atoms with van der Waals surface area (Å²) in [6.07, 6.45) is 1.29. The van der Waals surface area contributed by atoms with Crippen LogP contribution < -0.4 is 34.3 Å². The van der Waals surface area contributed by atoms with Crippen LogP contribution in [-0.4, -0.2) is 21.6 Å². The average Bonchev–Trinajstić information content (AvgIpc) is 2.17. The Hall–Kier alpha value is 0.350. The number of aryl methyl sites for hydroxylation is 1. The van der Waals surface area contributed by atoms with E-state index in [1.807, 2.05) is 24.3 Å². The topological polar surface area (TPSA) is 49.4 Å². The number of rotatable bonds is 5. The molecule has 1 unspecified atom stereocenters. The monoisotopic (exact) mass is 268 g/mol. The van der Waals surface area contributed by atoms with Crippen molar-refractivity contribution in [2.24, 2.45) is 0 Å². The van der Waals surface area contributed by atoms with Crippen LogP contribution in [0, 0.1) is 0 Å². The van der Waals surface area contributed by atoms with Crippen LogP contribution >= 0.6 is 0 Å². The van der Waals surface area contributed by atoms with Gasteiger partial charge in [0.05, 0.1) is 7.11 Å². The molecule has 1 aromatic rings. The molecule has 0 fully saturated rings. The zero-order valence-electron chi connectivity index (χ0n) is 9.47. The van der Waals surface area contributed by atoms with Gasteiger partial charge >= 0.3 is 29.6 Å². The SMILES string of the molecule is COc1ccc(CCCS(=O)([O-])=S)cc1.[Na+]. The van der Waals surface area contributed by atoms with Crippen LogP contribution in [0.4, 0.5) is 0 Å². The van der Waals surface area contributed by atoms with Gasteiger partial charge in [0.2, 0.25) is 0 Å². The summed E-state index contributed by atoms with van der Waals surface area (Å²) in [6.45, 7) is 0. The van der Waals surface area contributed by atoms with Crippen LogP contribution in [-0.2, 0) is 26.4 Å². The Kier molecular flexibility index (Phi) is 7.80. The predicted molar refractivity (Wildman–Crippen MR) is 62.5 cm³/mol. The van der Waals surface area contributed by atoms with Gasteiger partial charge in [-0.1, -0.05) is 12.1 Å². The van der Waals surface area contributed by atoms with Crippen molar-refractivity contribution < 1.29 is 43.1 Å². The molecule has 1 atom stereocenters. The number of benzene rings is 1. The summed E-state index contributed by atoms with van der Waals surface area (Å²) in [4.78, 5) is 0. The summed E-state index contributed by atoms with van der Waals surface area (Å²) in [7, 11) is -1.64. The van der Waals surface area contributed by atoms with E-state index in [2.05, 4.69) is 11.2 Å². The molecule has 16 heavy (non-hydrogen) atoms. The molecule has 0 saturated heterocycles. The smallest absolute Gasteiger partial charge is 0.769 e. The van der Waals surface area contributed by atoms with Crippen molar-refractivity contribution in [2.75, 3.05) is 12.9 Å². The summed E-state index contributed by atoms with van der Waals surface area (Å²) in [5.41, 5.74) is 1.09. The van der Waals surface area contributed by atoms with E-state index >= 15 is 0 Å². The minimum Gasteiger partial charge on any atom is -0.769 e. The Balaban J connectivity index is 0.00000225. The number of methoxy groups -OCH3 is 1. The summed E-state index contributed by atoms with van der Waals surface area (Å²) < 4.78 is 26.4. The van der Waals surface area contributed by atoms with Gasteiger partial charge in [0.1, 0.15) is 5.75 Å². The molecule has 1 rings (SSSR count). The first-order valence-corrected chi connectivity index (χ1v) is 7.15. The minimum atomic E-state index is -3.25. The average molecular weight is 268 g/mol. The van der Waals surface area contributed by atoms with Crippen molar-refractivity contribution in [3.8, 4) is 5.75 Å². The minimum absolute atomic E-state index is 0. The maximum absolute atomic E-state index is 10.7. The fraction of sp³-hybridized carbons (Fsp3) is 0.400. The quantitative estimate of drug-likeness (QED) is 0.611. The van der Waals surface area contributed by atoms with Crippen LogP contribution in [0.3, 0.4) is 0 Å². The second-order valence-electron chi connectivity index (χ2n) is 3.21. The molecule has 6 heteroatoms. The van der Waals surface area contributed by atoms with Gasteiger partial charge in [0, 0.05) is 5.75 Å². The van der Waals surface area contributed by atoms with Crippen molar-refractivity contribution in [1.29, 1.82) is 0 Å². The number of ether oxygens (including phenoxy) is 1. The van der Waals surface area contributed by atoms with Gasteiger partial charge in [0.25, 0.3) is 0 Å². The molecule has 0 N–H and O–H groups in total. The van der Waals surface area contributed by atoms with Crippen molar-refractivity contribution >= 4 is 20.0 Å². The summed E-state index contributed by atoms with van der Waals surface area (Å²) in [6, 6.07) is 7.57. The third-order valence-corrected chi connectivity index (χ3v) is 3.31. The Bertz CT molecular complexity index is 401. The van der Waals surface area contributed by atoms with E-state index in [-0.39, 0.29) is 35.3 Å².